The Morgan fingerprint density at radius 2 is 2.00 bits per heavy atom. The molecule has 0 spiro atoms. The molecule has 0 fully saturated rings. The first-order valence-electron chi connectivity index (χ1n) is 7.13. The second-order valence-electron chi connectivity index (χ2n) is 5.10. The van der Waals surface area contributed by atoms with Gasteiger partial charge in [-0.05, 0) is 31.5 Å². The maximum atomic E-state index is 13.6. The molecule has 0 aliphatic heterocycles. The van der Waals surface area contributed by atoms with E-state index in [9.17, 15) is 14.3 Å². The van der Waals surface area contributed by atoms with Gasteiger partial charge in [0, 0.05) is 12.5 Å². The summed E-state index contributed by atoms with van der Waals surface area (Å²) < 4.78 is 19.1. The van der Waals surface area contributed by atoms with E-state index in [-0.39, 0.29) is 28.8 Å². The zero-order valence-corrected chi connectivity index (χ0v) is 13.4. The quantitative estimate of drug-likeness (QED) is 0.610. The Hall–Kier alpha value is -2.27. The molecule has 2 aromatic rings. The number of phenols is 1. The molecular weight excluding hydrogens is 321 g/mol. The Morgan fingerprint density at radius 3 is 2.70 bits per heavy atom. The van der Waals surface area contributed by atoms with Gasteiger partial charge in [-0.15, -0.1) is 0 Å². The van der Waals surface area contributed by atoms with E-state index in [1.165, 1.54) is 6.07 Å². The SMILES string of the molecule is Cc1ccc(OCCCC(=O)Nc2cc(Cl)c(O)cc2F)cc1. The van der Waals surface area contributed by atoms with Crippen molar-refractivity contribution in [2.75, 3.05) is 11.9 Å². The van der Waals surface area contributed by atoms with Crippen LogP contribution in [0.5, 0.6) is 11.5 Å². The third kappa shape index (κ3) is 5.14. The van der Waals surface area contributed by atoms with E-state index in [1.807, 2.05) is 31.2 Å². The molecule has 2 rings (SSSR count). The number of rotatable bonds is 6. The number of ether oxygens (including phenoxy) is 1. The highest BCUT2D eigenvalue weighted by molar-refractivity contribution is 6.32. The summed E-state index contributed by atoms with van der Waals surface area (Å²) in [5.41, 5.74) is 1.09. The predicted molar refractivity (Wildman–Crippen MR) is 87.6 cm³/mol. The van der Waals surface area contributed by atoms with E-state index in [2.05, 4.69) is 5.32 Å². The maximum Gasteiger partial charge on any atom is 0.224 e. The molecule has 0 aromatic heterocycles. The van der Waals surface area contributed by atoms with Crippen LogP contribution in [0.2, 0.25) is 5.02 Å². The van der Waals surface area contributed by atoms with Gasteiger partial charge >= 0.3 is 0 Å². The van der Waals surface area contributed by atoms with Gasteiger partial charge in [0.15, 0.2) is 0 Å². The van der Waals surface area contributed by atoms with Crippen LogP contribution in [0.15, 0.2) is 36.4 Å². The summed E-state index contributed by atoms with van der Waals surface area (Å²) in [5.74, 6) is -0.713. The Kier molecular flexibility index (Phi) is 5.82. The van der Waals surface area contributed by atoms with Crippen LogP contribution in [0.25, 0.3) is 0 Å². The highest BCUT2D eigenvalue weighted by Crippen LogP contribution is 2.29. The van der Waals surface area contributed by atoms with Crippen LogP contribution in [0.3, 0.4) is 0 Å². The molecule has 0 aliphatic rings. The number of aryl methyl sites for hydroxylation is 1. The summed E-state index contributed by atoms with van der Waals surface area (Å²) >= 11 is 5.69. The monoisotopic (exact) mass is 337 g/mol. The van der Waals surface area contributed by atoms with Gasteiger partial charge in [-0.1, -0.05) is 29.3 Å². The minimum atomic E-state index is -0.740. The number of anilines is 1. The number of hydrogen-bond acceptors (Lipinski definition) is 3. The molecule has 0 atom stereocenters. The van der Waals surface area contributed by atoms with Gasteiger partial charge in [0.05, 0.1) is 17.3 Å². The van der Waals surface area contributed by atoms with Crippen LogP contribution in [-0.2, 0) is 4.79 Å². The molecule has 0 unspecified atom stereocenters. The Balaban J connectivity index is 1.77. The summed E-state index contributed by atoms with van der Waals surface area (Å²) in [5, 5.41) is 11.7. The molecule has 0 heterocycles. The van der Waals surface area contributed by atoms with Gasteiger partial charge in [0.1, 0.15) is 17.3 Å². The second kappa shape index (κ2) is 7.83. The number of aromatic hydroxyl groups is 1. The normalized spacial score (nSPS) is 10.4. The molecule has 0 saturated carbocycles. The largest absolute Gasteiger partial charge is 0.506 e. The number of nitrogens with one attached hydrogen (secondary N) is 1. The lowest BCUT2D eigenvalue weighted by Gasteiger charge is -2.09. The summed E-state index contributed by atoms with van der Waals surface area (Å²) in [6, 6.07) is 9.65. The zero-order chi connectivity index (χ0) is 16.8. The van der Waals surface area contributed by atoms with E-state index >= 15 is 0 Å². The fraction of sp³-hybridized carbons (Fsp3) is 0.235. The molecular formula is C17H17ClFNO3. The minimum Gasteiger partial charge on any atom is -0.506 e. The zero-order valence-electron chi connectivity index (χ0n) is 12.6. The smallest absolute Gasteiger partial charge is 0.224 e. The van der Waals surface area contributed by atoms with Gasteiger partial charge in [-0.3, -0.25) is 4.79 Å². The fourth-order valence-electron chi connectivity index (χ4n) is 1.90. The number of carbonyl (C=O) groups excluding carboxylic acids is 1. The summed E-state index contributed by atoms with van der Waals surface area (Å²) in [4.78, 5) is 11.8. The first kappa shape index (κ1) is 17.1. The maximum absolute atomic E-state index is 13.6. The average Bonchev–Trinajstić information content (AvgIpc) is 2.51. The van der Waals surface area contributed by atoms with Gasteiger partial charge in [0.25, 0.3) is 0 Å². The Bertz CT molecular complexity index is 689. The van der Waals surface area contributed by atoms with Crippen molar-refractivity contribution in [3.63, 3.8) is 0 Å². The van der Waals surface area contributed by atoms with Crippen LogP contribution < -0.4 is 10.1 Å². The van der Waals surface area contributed by atoms with Crippen molar-refractivity contribution in [3.05, 3.63) is 52.8 Å². The third-order valence-electron chi connectivity index (χ3n) is 3.15. The number of amides is 1. The molecule has 0 radical (unpaired) electrons. The van der Waals surface area contributed by atoms with E-state index in [0.717, 1.165) is 17.4 Å². The lowest BCUT2D eigenvalue weighted by molar-refractivity contribution is -0.116. The molecule has 0 bridgehead atoms. The van der Waals surface area contributed by atoms with Gasteiger partial charge < -0.3 is 15.2 Å². The van der Waals surface area contributed by atoms with E-state index in [0.29, 0.717) is 13.0 Å². The molecule has 1 amide bonds. The average molecular weight is 338 g/mol. The number of benzene rings is 2. The van der Waals surface area contributed by atoms with Crippen molar-refractivity contribution in [3.8, 4) is 11.5 Å². The van der Waals surface area contributed by atoms with Crippen molar-refractivity contribution < 1.29 is 19.0 Å². The third-order valence-corrected chi connectivity index (χ3v) is 3.45. The number of hydrogen-bond donors (Lipinski definition) is 2. The van der Waals surface area contributed by atoms with E-state index < -0.39 is 5.82 Å². The first-order chi connectivity index (χ1) is 11.0. The predicted octanol–water partition coefficient (Wildman–Crippen LogP) is 4.29. The topological polar surface area (TPSA) is 58.6 Å². The van der Waals surface area contributed by atoms with Gasteiger partial charge in [0.2, 0.25) is 5.91 Å². The highest BCUT2D eigenvalue weighted by atomic mass is 35.5. The lowest BCUT2D eigenvalue weighted by atomic mass is 10.2. The van der Waals surface area contributed by atoms with Crippen molar-refractivity contribution in [2.45, 2.75) is 19.8 Å². The molecule has 2 N–H and O–H groups in total. The van der Waals surface area contributed by atoms with Crippen LogP contribution in [0.1, 0.15) is 18.4 Å². The molecule has 23 heavy (non-hydrogen) atoms. The standard InChI is InChI=1S/C17H17ClFNO3/c1-11-4-6-12(7-5-11)23-8-2-3-17(22)20-15-9-13(18)16(21)10-14(15)19/h4-7,9-10,21H,2-3,8H2,1H3,(H,20,22). The minimum absolute atomic E-state index is 0.0237. The van der Waals surface area contributed by atoms with Gasteiger partial charge in [-0.25, -0.2) is 4.39 Å². The van der Waals surface area contributed by atoms with E-state index in [4.69, 9.17) is 16.3 Å². The molecule has 122 valence electrons. The molecule has 4 nitrogen and oxygen atoms in total. The van der Waals surface area contributed by atoms with Crippen LogP contribution in [-0.4, -0.2) is 17.6 Å². The summed E-state index contributed by atoms with van der Waals surface area (Å²) in [6.07, 6.45) is 0.678. The van der Waals surface area contributed by atoms with Crippen LogP contribution in [0, 0.1) is 12.7 Å². The molecule has 2 aromatic carbocycles. The number of halogens is 2. The highest BCUT2D eigenvalue weighted by Gasteiger charge is 2.10. The molecule has 0 aliphatic carbocycles. The molecule has 6 heteroatoms. The lowest BCUT2D eigenvalue weighted by Crippen LogP contribution is -2.13. The second-order valence-corrected chi connectivity index (χ2v) is 5.50. The number of carbonyl (C=O) groups is 1. The van der Waals surface area contributed by atoms with Crippen molar-refractivity contribution in [1.29, 1.82) is 0 Å². The van der Waals surface area contributed by atoms with Gasteiger partial charge in [-0.2, -0.15) is 0 Å². The van der Waals surface area contributed by atoms with Crippen molar-refractivity contribution >= 4 is 23.2 Å². The van der Waals surface area contributed by atoms with Crippen LogP contribution in [0.4, 0.5) is 10.1 Å². The summed E-state index contributed by atoms with van der Waals surface area (Å²) in [7, 11) is 0. The van der Waals surface area contributed by atoms with Crippen molar-refractivity contribution in [2.24, 2.45) is 0 Å². The number of phenolic OH excluding ortho intramolecular Hbond substituents is 1. The van der Waals surface area contributed by atoms with Crippen LogP contribution >= 0.6 is 11.6 Å². The van der Waals surface area contributed by atoms with E-state index in [1.54, 1.807) is 0 Å². The first-order valence-corrected chi connectivity index (χ1v) is 7.51. The summed E-state index contributed by atoms with van der Waals surface area (Å²) in [6.45, 7) is 2.37. The molecule has 0 saturated heterocycles. The Labute approximate surface area is 138 Å². The fourth-order valence-corrected chi connectivity index (χ4v) is 2.07. The van der Waals surface area contributed by atoms with Crippen molar-refractivity contribution in [1.82, 2.24) is 0 Å². The Morgan fingerprint density at radius 1 is 1.30 bits per heavy atom.